The van der Waals surface area contributed by atoms with Gasteiger partial charge in [-0.15, -0.1) is 11.6 Å². The van der Waals surface area contributed by atoms with Crippen molar-refractivity contribution in [3.8, 4) is 0 Å². The highest BCUT2D eigenvalue weighted by Gasteiger charge is 2.61. The van der Waals surface area contributed by atoms with Crippen molar-refractivity contribution in [3.63, 3.8) is 0 Å². The van der Waals surface area contributed by atoms with E-state index in [-0.39, 0.29) is 6.42 Å². The molecule has 0 aliphatic heterocycles. The Balaban J connectivity index is 1.89. The first kappa shape index (κ1) is 15.4. The number of hydrogen-bond acceptors (Lipinski definition) is 1. The third kappa shape index (κ3) is 2.45. The van der Waals surface area contributed by atoms with Gasteiger partial charge in [0.2, 0.25) is 6.41 Å². The van der Waals surface area contributed by atoms with E-state index in [1.807, 2.05) is 0 Å². The molecule has 3 fully saturated rings. The topological polar surface area (TPSA) is 29.1 Å². The third-order valence-corrected chi connectivity index (χ3v) is 6.41. The minimum absolute atomic E-state index is 0.202. The maximum atomic E-state index is 14.5. The number of amides is 1. The molecule has 2 nitrogen and oxygen atoms in total. The third-order valence-electron chi connectivity index (χ3n) is 5.95. The summed E-state index contributed by atoms with van der Waals surface area (Å²) in [6.45, 7) is 0. The molecule has 3 rings (SSSR count). The first-order valence-electron chi connectivity index (χ1n) is 7.72. The maximum absolute atomic E-state index is 14.5. The van der Waals surface area contributed by atoms with Crippen LogP contribution in [0.4, 0.5) is 13.2 Å². The van der Waals surface area contributed by atoms with Gasteiger partial charge in [-0.25, -0.2) is 13.2 Å². The van der Waals surface area contributed by atoms with Crippen molar-refractivity contribution in [1.29, 1.82) is 0 Å². The molecule has 0 radical (unpaired) electrons. The summed E-state index contributed by atoms with van der Waals surface area (Å²) in [6, 6.07) is -0.665. The minimum Gasteiger partial charge on any atom is -0.355 e. The van der Waals surface area contributed by atoms with E-state index < -0.39 is 40.8 Å². The van der Waals surface area contributed by atoms with Crippen LogP contribution < -0.4 is 5.32 Å². The first-order chi connectivity index (χ1) is 9.91. The van der Waals surface area contributed by atoms with Gasteiger partial charge < -0.3 is 5.32 Å². The lowest BCUT2D eigenvalue weighted by molar-refractivity contribution is -0.112. The molecule has 2 bridgehead atoms. The second-order valence-corrected chi connectivity index (χ2v) is 7.64. The molecule has 6 heteroatoms. The van der Waals surface area contributed by atoms with Crippen molar-refractivity contribution < 1.29 is 18.0 Å². The average molecular weight is 324 g/mol. The Hall–Kier alpha value is -0.450. The molecule has 3 aliphatic carbocycles. The van der Waals surface area contributed by atoms with Crippen LogP contribution in [0.15, 0.2) is 0 Å². The Morgan fingerprint density at radius 1 is 1.19 bits per heavy atom. The number of carbonyl (C=O) groups excluding carboxylic acids is 1. The molecule has 5 atom stereocenters. The highest BCUT2D eigenvalue weighted by atomic mass is 35.5. The lowest BCUT2D eigenvalue weighted by atomic mass is 9.67. The lowest BCUT2D eigenvalue weighted by Crippen LogP contribution is -2.56. The SMILES string of the molecule is O=CN[C@H](C1C(F)CCC(Cl)C1F)C12CCC(F)(CC1)C2. The molecule has 0 aromatic heterocycles. The molecule has 1 amide bonds. The summed E-state index contributed by atoms with van der Waals surface area (Å²) in [5.41, 5.74) is -1.72. The number of carbonyl (C=O) groups is 1. The minimum atomic E-state index is -1.50. The smallest absolute Gasteiger partial charge is 0.207 e. The molecule has 1 N–H and O–H groups in total. The van der Waals surface area contributed by atoms with Gasteiger partial charge in [0.25, 0.3) is 0 Å². The van der Waals surface area contributed by atoms with Gasteiger partial charge in [-0.2, -0.15) is 0 Å². The molecule has 0 aromatic carbocycles. The van der Waals surface area contributed by atoms with Gasteiger partial charge in [0, 0.05) is 12.0 Å². The monoisotopic (exact) mass is 323 g/mol. The van der Waals surface area contributed by atoms with Crippen LogP contribution in [-0.4, -0.2) is 35.8 Å². The highest BCUT2D eigenvalue weighted by Crippen LogP contribution is 2.61. The Labute approximate surface area is 127 Å². The fourth-order valence-corrected chi connectivity index (χ4v) is 5.17. The first-order valence-corrected chi connectivity index (χ1v) is 8.15. The van der Waals surface area contributed by atoms with Crippen LogP contribution in [0.5, 0.6) is 0 Å². The van der Waals surface area contributed by atoms with Gasteiger partial charge >= 0.3 is 0 Å². The van der Waals surface area contributed by atoms with E-state index in [1.54, 1.807) is 0 Å². The van der Waals surface area contributed by atoms with Gasteiger partial charge in [-0.05, 0) is 50.4 Å². The number of rotatable bonds is 4. The Morgan fingerprint density at radius 2 is 1.86 bits per heavy atom. The van der Waals surface area contributed by atoms with Gasteiger partial charge in [-0.3, -0.25) is 4.79 Å². The summed E-state index contributed by atoms with van der Waals surface area (Å²) in [6.07, 6.45) is 0.470. The van der Waals surface area contributed by atoms with Crippen LogP contribution in [0.2, 0.25) is 0 Å². The van der Waals surface area contributed by atoms with Gasteiger partial charge in [-0.1, -0.05) is 0 Å². The Morgan fingerprint density at radius 3 is 2.38 bits per heavy atom. The zero-order chi connectivity index (χ0) is 15.3. The molecule has 4 unspecified atom stereocenters. The predicted octanol–water partition coefficient (Wildman–Crippen LogP) is 3.47. The summed E-state index contributed by atoms with van der Waals surface area (Å²) >= 11 is 5.97. The molecule has 120 valence electrons. The molecular weight excluding hydrogens is 303 g/mol. The zero-order valence-electron chi connectivity index (χ0n) is 11.8. The van der Waals surface area contributed by atoms with Crippen molar-refractivity contribution >= 4 is 18.0 Å². The van der Waals surface area contributed by atoms with Gasteiger partial charge in [0.05, 0.1) is 5.38 Å². The molecule has 0 aromatic rings. The summed E-state index contributed by atoms with van der Waals surface area (Å²) in [5.74, 6) is -0.966. The number of fused-ring (bicyclic) bond motifs is 2. The molecule has 3 aliphatic rings. The van der Waals surface area contributed by atoms with E-state index in [9.17, 15) is 18.0 Å². The fraction of sp³-hybridized carbons (Fsp3) is 0.933. The average Bonchev–Trinajstić information content (AvgIpc) is 2.97. The second-order valence-electron chi connectivity index (χ2n) is 7.08. The van der Waals surface area contributed by atoms with Crippen molar-refractivity contribution in [2.75, 3.05) is 0 Å². The highest BCUT2D eigenvalue weighted by molar-refractivity contribution is 6.21. The van der Waals surface area contributed by atoms with Crippen LogP contribution in [0, 0.1) is 11.3 Å². The Kier molecular flexibility index (Phi) is 3.92. The van der Waals surface area contributed by atoms with Crippen LogP contribution in [0.25, 0.3) is 0 Å². The van der Waals surface area contributed by atoms with E-state index >= 15 is 0 Å². The number of nitrogens with one attached hydrogen (secondary N) is 1. The summed E-state index contributed by atoms with van der Waals surface area (Å²) in [5, 5.41) is 1.90. The van der Waals surface area contributed by atoms with E-state index in [0.29, 0.717) is 44.9 Å². The van der Waals surface area contributed by atoms with Crippen LogP contribution in [-0.2, 0) is 4.79 Å². The summed E-state index contributed by atoms with van der Waals surface area (Å²) < 4.78 is 43.3. The summed E-state index contributed by atoms with van der Waals surface area (Å²) in [4.78, 5) is 11.0. The van der Waals surface area contributed by atoms with E-state index in [2.05, 4.69) is 5.32 Å². The van der Waals surface area contributed by atoms with Gasteiger partial charge in [0.1, 0.15) is 18.0 Å². The molecule has 0 saturated heterocycles. The van der Waals surface area contributed by atoms with Crippen LogP contribution in [0.3, 0.4) is 0 Å². The largest absolute Gasteiger partial charge is 0.355 e. The molecule has 0 spiro atoms. The Bertz CT molecular complexity index is 414. The zero-order valence-corrected chi connectivity index (χ0v) is 12.6. The maximum Gasteiger partial charge on any atom is 0.207 e. The van der Waals surface area contributed by atoms with Crippen LogP contribution in [0.1, 0.15) is 44.9 Å². The normalized spacial score (nSPS) is 50.9. The predicted molar refractivity (Wildman–Crippen MR) is 74.5 cm³/mol. The number of hydrogen-bond donors (Lipinski definition) is 1. The van der Waals surface area contributed by atoms with Crippen molar-refractivity contribution in [2.45, 2.75) is 74.4 Å². The fourth-order valence-electron chi connectivity index (χ4n) is 4.87. The van der Waals surface area contributed by atoms with E-state index in [4.69, 9.17) is 11.6 Å². The lowest BCUT2D eigenvalue weighted by Gasteiger charge is -2.45. The quantitative estimate of drug-likeness (QED) is 0.623. The van der Waals surface area contributed by atoms with Crippen molar-refractivity contribution in [1.82, 2.24) is 5.32 Å². The van der Waals surface area contributed by atoms with Crippen molar-refractivity contribution in [3.05, 3.63) is 0 Å². The van der Waals surface area contributed by atoms with E-state index in [1.165, 1.54) is 0 Å². The molecule has 3 saturated carbocycles. The molecule has 21 heavy (non-hydrogen) atoms. The van der Waals surface area contributed by atoms with Crippen LogP contribution >= 0.6 is 11.6 Å². The number of alkyl halides is 4. The van der Waals surface area contributed by atoms with E-state index in [0.717, 1.165) is 0 Å². The standard InChI is InChI=1S/C15H21ClF3NO/c16-9-1-2-10(17)11(12(9)18)13(20-8-21)14-3-5-15(19,7-14)6-4-14/h8-13H,1-7H2,(H,20,21)/t9?,10?,11?,12?,13-,14?,15?/m1/s1. The molecular formula is C15H21ClF3NO. The molecule has 0 heterocycles. The van der Waals surface area contributed by atoms with Crippen molar-refractivity contribution in [2.24, 2.45) is 11.3 Å². The van der Waals surface area contributed by atoms with Gasteiger partial charge in [0.15, 0.2) is 0 Å². The second kappa shape index (κ2) is 5.32. The summed E-state index contributed by atoms with van der Waals surface area (Å²) in [7, 11) is 0. The number of halogens is 4.